The van der Waals surface area contributed by atoms with Crippen LogP contribution in [0.25, 0.3) is 0 Å². The summed E-state index contributed by atoms with van der Waals surface area (Å²) >= 11 is 0. The van der Waals surface area contributed by atoms with Crippen molar-refractivity contribution in [3.05, 3.63) is 66.2 Å². The molecule has 2 heterocycles. The van der Waals surface area contributed by atoms with Crippen molar-refractivity contribution in [1.82, 2.24) is 9.80 Å². The van der Waals surface area contributed by atoms with Gasteiger partial charge in [-0.1, -0.05) is 6.92 Å². The van der Waals surface area contributed by atoms with Gasteiger partial charge in [0.1, 0.15) is 11.5 Å². The Morgan fingerprint density at radius 3 is 2.33 bits per heavy atom. The maximum absolute atomic E-state index is 14.4. The summed E-state index contributed by atoms with van der Waals surface area (Å²) in [6.07, 6.45) is 1.69. The van der Waals surface area contributed by atoms with Crippen molar-refractivity contribution in [2.75, 3.05) is 63.2 Å². The molecule has 0 fully saturated rings. The van der Waals surface area contributed by atoms with E-state index in [-0.39, 0.29) is 56.0 Å². The number of carbonyl (C=O) groups is 3. The van der Waals surface area contributed by atoms with Gasteiger partial charge in [-0.25, -0.2) is 9.59 Å². The normalized spacial score (nSPS) is 19.7. The van der Waals surface area contributed by atoms with E-state index >= 15 is 0 Å². The van der Waals surface area contributed by atoms with E-state index in [2.05, 4.69) is 16.0 Å². The van der Waals surface area contributed by atoms with Crippen LogP contribution in [0.2, 0.25) is 0 Å². The van der Waals surface area contributed by atoms with Gasteiger partial charge in [0, 0.05) is 55.8 Å². The van der Waals surface area contributed by atoms with Gasteiger partial charge in [-0.05, 0) is 87.7 Å². The van der Waals surface area contributed by atoms with Crippen LogP contribution in [0.4, 0.5) is 26.7 Å². The number of aliphatic hydroxyl groups is 1. The van der Waals surface area contributed by atoms with E-state index in [0.29, 0.717) is 46.7 Å². The number of fused-ring (bicyclic) bond motifs is 2. The molecule has 0 aromatic heterocycles. The molecule has 0 saturated carbocycles. The minimum Gasteiger partial charge on any atom is -0.497 e. The lowest BCUT2D eigenvalue weighted by Crippen LogP contribution is -2.48. The topological polar surface area (TPSA) is 160 Å². The lowest BCUT2D eigenvalue weighted by Gasteiger charge is -2.35. The van der Waals surface area contributed by atoms with Crippen molar-refractivity contribution in [1.29, 1.82) is 0 Å². The summed E-state index contributed by atoms with van der Waals surface area (Å²) in [5, 5.41) is 18.8. The van der Waals surface area contributed by atoms with Gasteiger partial charge in [-0.15, -0.1) is 0 Å². The predicted octanol–water partition coefficient (Wildman–Crippen LogP) is 6.03. The molecule has 0 bridgehead atoms. The fourth-order valence-corrected chi connectivity index (χ4v) is 5.98. The van der Waals surface area contributed by atoms with Crippen molar-refractivity contribution < 1.29 is 43.2 Å². The highest BCUT2D eigenvalue weighted by molar-refractivity contribution is 6.02. The summed E-state index contributed by atoms with van der Waals surface area (Å²) in [6, 6.07) is 15.7. The van der Waals surface area contributed by atoms with Gasteiger partial charge in [0.25, 0.3) is 5.91 Å². The molecule has 280 valence electrons. The molecule has 0 spiro atoms. The Hall–Kier alpha value is -5.21. The van der Waals surface area contributed by atoms with E-state index < -0.39 is 18.2 Å². The third-order valence-electron chi connectivity index (χ3n) is 9.08. The highest BCUT2D eigenvalue weighted by Gasteiger charge is 2.31. The van der Waals surface area contributed by atoms with Gasteiger partial charge >= 0.3 is 12.1 Å². The molecule has 3 aromatic rings. The lowest BCUT2D eigenvalue weighted by molar-refractivity contribution is -0.0115. The number of aliphatic hydroxyl groups excluding tert-OH is 1. The zero-order chi connectivity index (χ0) is 37.2. The van der Waals surface area contributed by atoms with Crippen molar-refractivity contribution in [3.63, 3.8) is 0 Å². The van der Waals surface area contributed by atoms with Crippen molar-refractivity contribution >= 4 is 35.0 Å². The van der Waals surface area contributed by atoms with Crippen LogP contribution >= 0.6 is 0 Å². The Bertz CT molecular complexity index is 1690. The van der Waals surface area contributed by atoms with Crippen LogP contribution in [0.15, 0.2) is 60.7 Å². The van der Waals surface area contributed by atoms with Crippen LogP contribution in [0.5, 0.6) is 23.0 Å². The molecule has 3 aromatic carbocycles. The number of carbonyl (C=O) groups excluding carboxylic acids is 3. The first-order chi connectivity index (χ1) is 25.0. The second-order valence-electron chi connectivity index (χ2n) is 13.2. The first kappa shape index (κ1) is 38.0. The summed E-state index contributed by atoms with van der Waals surface area (Å²) in [7, 11) is 3.28. The number of amides is 5. The van der Waals surface area contributed by atoms with Crippen LogP contribution in [-0.2, 0) is 4.74 Å². The number of benzene rings is 3. The molecule has 52 heavy (non-hydrogen) atoms. The number of rotatable bonds is 8. The van der Waals surface area contributed by atoms with Gasteiger partial charge in [-0.2, -0.15) is 0 Å². The summed E-state index contributed by atoms with van der Waals surface area (Å²) in [5.74, 6) is 1.57. The van der Waals surface area contributed by atoms with Gasteiger partial charge < -0.3 is 54.5 Å². The highest BCUT2D eigenvalue weighted by Crippen LogP contribution is 2.34. The molecule has 0 unspecified atom stereocenters. The largest absolute Gasteiger partial charge is 0.497 e. The van der Waals surface area contributed by atoms with Crippen molar-refractivity contribution in [2.45, 2.75) is 58.3 Å². The molecule has 0 aliphatic carbocycles. The van der Waals surface area contributed by atoms with Crippen molar-refractivity contribution in [3.8, 4) is 23.0 Å². The van der Waals surface area contributed by atoms with Gasteiger partial charge in [0.2, 0.25) is 6.79 Å². The summed E-state index contributed by atoms with van der Waals surface area (Å²) < 4.78 is 28.6. The molecule has 0 radical (unpaired) electrons. The van der Waals surface area contributed by atoms with Crippen LogP contribution in [0.3, 0.4) is 0 Å². The number of nitrogens with zero attached hydrogens (tertiary/aromatic N) is 2. The van der Waals surface area contributed by atoms with Crippen LogP contribution in [-0.4, -0.2) is 98.4 Å². The fourth-order valence-electron chi connectivity index (χ4n) is 5.98. The summed E-state index contributed by atoms with van der Waals surface area (Å²) in [4.78, 5) is 43.8. The quantitative estimate of drug-likeness (QED) is 0.218. The molecule has 4 N–H and O–H groups in total. The van der Waals surface area contributed by atoms with Gasteiger partial charge in [0.05, 0.1) is 37.5 Å². The number of hydrogen-bond acceptors (Lipinski definition) is 9. The number of anilines is 3. The van der Waals surface area contributed by atoms with Crippen molar-refractivity contribution in [2.24, 2.45) is 5.92 Å². The first-order valence-electron chi connectivity index (χ1n) is 17.5. The van der Waals surface area contributed by atoms with Crippen LogP contribution < -0.4 is 34.9 Å². The summed E-state index contributed by atoms with van der Waals surface area (Å²) in [6.45, 7) is 6.47. The number of likely N-dealkylation sites (N-methyl/N-ethyl adjacent to an activating group) is 1. The van der Waals surface area contributed by atoms with Gasteiger partial charge in [0.15, 0.2) is 11.5 Å². The molecule has 14 heteroatoms. The predicted molar refractivity (Wildman–Crippen MR) is 197 cm³/mol. The monoisotopic (exact) mass is 719 g/mol. The Kier molecular flexibility index (Phi) is 13.0. The number of urea groups is 2. The molecular weight excluding hydrogens is 670 g/mol. The van der Waals surface area contributed by atoms with E-state index in [0.717, 1.165) is 19.3 Å². The minimum absolute atomic E-state index is 0.118. The third kappa shape index (κ3) is 9.98. The fraction of sp³-hybridized carbons (Fsp3) is 0.447. The zero-order valence-corrected chi connectivity index (χ0v) is 30.3. The molecule has 2 aliphatic heterocycles. The molecule has 4 atom stereocenters. The maximum Gasteiger partial charge on any atom is 0.323 e. The van der Waals surface area contributed by atoms with E-state index in [4.69, 9.17) is 23.7 Å². The molecule has 14 nitrogen and oxygen atoms in total. The van der Waals surface area contributed by atoms with Gasteiger partial charge in [-0.3, -0.25) is 4.79 Å². The Morgan fingerprint density at radius 2 is 1.62 bits per heavy atom. The standard InChI is InChI=1S/C38H49N5O9/c1-24-20-43(25(2)22-44)36(45)31-18-28(39-37(46)40-29-12-16-33-34(19-29)51-23-50-33)11-15-32(31)52-26(3)8-6-7-17-49-35(24)21-42(4)38(47)41-27-9-13-30(48-5)14-10-27/h9-16,18-19,24-26,35,44H,6-8,17,20-23H2,1-5H3,(H,41,47)(H2,39,40,46)/t24-,25+,26+,35-/m0/s1. The smallest absolute Gasteiger partial charge is 0.323 e. The Morgan fingerprint density at radius 1 is 0.942 bits per heavy atom. The highest BCUT2D eigenvalue weighted by atomic mass is 16.7. The molecule has 5 amide bonds. The zero-order valence-electron chi connectivity index (χ0n) is 30.3. The van der Waals surface area contributed by atoms with E-state index in [1.165, 1.54) is 0 Å². The van der Waals surface area contributed by atoms with Crippen LogP contribution in [0, 0.1) is 5.92 Å². The SMILES string of the molecule is COc1ccc(NC(=O)N(C)C[C@@H]2OCCCC[C@@H](C)Oc3ccc(NC(=O)Nc4ccc5c(c4)OCO5)cc3C(=O)N([C@H](C)CO)C[C@@H]2C)cc1. The average Bonchev–Trinajstić information content (AvgIpc) is 3.61. The second kappa shape index (κ2) is 17.8. The first-order valence-corrected chi connectivity index (χ1v) is 17.5. The Balaban J connectivity index is 1.34. The number of nitrogens with one attached hydrogen (secondary N) is 3. The van der Waals surface area contributed by atoms with E-state index in [1.807, 2.05) is 13.8 Å². The molecule has 5 rings (SSSR count). The van der Waals surface area contributed by atoms with E-state index in [9.17, 15) is 19.5 Å². The number of methoxy groups -OCH3 is 1. The second-order valence-corrected chi connectivity index (χ2v) is 13.2. The molecular formula is C38H49N5O9. The van der Waals surface area contributed by atoms with E-state index in [1.54, 1.807) is 91.5 Å². The number of ether oxygens (including phenoxy) is 5. The average molecular weight is 720 g/mol. The third-order valence-corrected chi connectivity index (χ3v) is 9.08. The van der Waals surface area contributed by atoms with Crippen LogP contribution in [0.1, 0.15) is 50.4 Å². The maximum atomic E-state index is 14.4. The minimum atomic E-state index is -0.559. The summed E-state index contributed by atoms with van der Waals surface area (Å²) in [5.41, 5.74) is 1.75. The molecule has 2 aliphatic rings. The number of hydrogen-bond donors (Lipinski definition) is 4. The Labute approximate surface area is 304 Å². The molecule has 0 saturated heterocycles. The lowest BCUT2D eigenvalue weighted by atomic mass is 10.0.